The molecule has 3 nitrogen and oxygen atoms in total. The van der Waals surface area contributed by atoms with Gasteiger partial charge in [-0.1, -0.05) is 0 Å². The second-order valence-corrected chi connectivity index (χ2v) is 1.83. The maximum Gasteiger partial charge on any atom is 0.412 e. The van der Waals surface area contributed by atoms with Gasteiger partial charge in [-0.05, 0) is 6.92 Å². The largest absolute Gasteiger partial charge is 0.413 e. The molecule has 1 amide bonds. The van der Waals surface area contributed by atoms with Crippen molar-refractivity contribution in [2.75, 3.05) is 13.1 Å². The Labute approximate surface area is 52.4 Å². The molecule has 0 bridgehead atoms. The van der Waals surface area contributed by atoms with E-state index >= 15 is 0 Å². The van der Waals surface area contributed by atoms with E-state index in [2.05, 4.69) is 4.74 Å². The highest BCUT2D eigenvalue weighted by atomic mass is 19.1. The Balaban J connectivity index is 2.48. The van der Waals surface area contributed by atoms with Gasteiger partial charge in [0.05, 0.1) is 6.54 Å². The van der Waals surface area contributed by atoms with Gasteiger partial charge in [0.1, 0.15) is 0 Å². The molecule has 1 heterocycles. The fraction of sp³-hybridized carbons (Fsp3) is 0.800. The van der Waals surface area contributed by atoms with Crippen LogP contribution in [-0.2, 0) is 4.74 Å². The first-order valence-corrected chi connectivity index (χ1v) is 2.83. The molecule has 9 heavy (non-hydrogen) atoms. The Morgan fingerprint density at radius 3 is 2.89 bits per heavy atom. The van der Waals surface area contributed by atoms with E-state index in [1.807, 2.05) is 0 Å². The highest BCUT2D eigenvalue weighted by Gasteiger charge is 2.28. The predicted molar refractivity (Wildman–Crippen MR) is 28.6 cm³/mol. The Hall–Kier alpha value is -0.800. The summed E-state index contributed by atoms with van der Waals surface area (Å²) in [7, 11) is 0. The van der Waals surface area contributed by atoms with Crippen molar-refractivity contribution in [3.8, 4) is 0 Å². The lowest BCUT2D eigenvalue weighted by atomic mass is 10.6. The molecule has 1 rings (SSSR count). The topological polar surface area (TPSA) is 29.5 Å². The molecule has 0 saturated carbocycles. The zero-order valence-corrected chi connectivity index (χ0v) is 5.13. The van der Waals surface area contributed by atoms with Gasteiger partial charge in [0, 0.05) is 6.54 Å². The van der Waals surface area contributed by atoms with E-state index in [1.54, 1.807) is 6.92 Å². The van der Waals surface area contributed by atoms with E-state index in [9.17, 15) is 9.18 Å². The van der Waals surface area contributed by atoms with E-state index in [4.69, 9.17) is 0 Å². The van der Waals surface area contributed by atoms with E-state index in [0.29, 0.717) is 6.54 Å². The maximum atomic E-state index is 12.1. The summed E-state index contributed by atoms with van der Waals surface area (Å²) in [6, 6.07) is 0. The molecule has 4 heteroatoms. The molecule has 0 spiro atoms. The molecule has 0 aromatic carbocycles. The van der Waals surface area contributed by atoms with Crippen LogP contribution in [0.4, 0.5) is 9.18 Å². The summed E-state index contributed by atoms with van der Waals surface area (Å²) in [5.74, 6) is 0. The molecular formula is C5H8FNO2. The van der Waals surface area contributed by atoms with Crippen molar-refractivity contribution in [3.05, 3.63) is 0 Å². The Morgan fingerprint density at radius 2 is 2.67 bits per heavy atom. The van der Waals surface area contributed by atoms with Gasteiger partial charge in [0.2, 0.25) is 0 Å². The molecule has 1 fully saturated rings. The van der Waals surface area contributed by atoms with Crippen LogP contribution in [0.3, 0.4) is 0 Å². The van der Waals surface area contributed by atoms with Gasteiger partial charge in [-0.15, -0.1) is 0 Å². The monoisotopic (exact) mass is 133 g/mol. The van der Waals surface area contributed by atoms with E-state index < -0.39 is 12.5 Å². The number of hydrogen-bond donors (Lipinski definition) is 0. The second kappa shape index (κ2) is 2.21. The number of halogens is 1. The minimum Gasteiger partial charge on any atom is -0.413 e. The van der Waals surface area contributed by atoms with Crippen molar-refractivity contribution in [2.24, 2.45) is 0 Å². The number of carbonyl (C=O) groups excluding carboxylic acids is 1. The minimum atomic E-state index is -1.42. The third-order valence-corrected chi connectivity index (χ3v) is 1.23. The molecule has 1 aliphatic rings. The second-order valence-electron chi connectivity index (χ2n) is 1.83. The molecule has 0 aliphatic carbocycles. The average Bonchev–Trinajstić information content (AvgIpc) is 2.10. The van der Waals surface area contributed by atoms with Crippen molar-refractivity contribution < 1.29 is 13.9 Å². The van der Waals surface area contributed by atoms with Crippen LogP contribution < -0.4 is 0 Å². The number of nitrogens with zero attached hydrogens (tertiary/aromatic N) is 1. The Morgan fingerprint density at radius 1 is 2.00 bits per heavy atom. The molecule has 1 saturated heterocycles. The van der Waals surface area contributed by atoms with Crippen LogP contribution in [0.5, 0.6) is 0 Å². The summed E-state index contributed by atoms with van der Waals surface area (Å²) in [6.07, 6.45) is -1.97. The van der Waals surface area contributed by atoms with E-state index in [0.717, 1.165) is 0 Å². The summed E-state index contributed by atoms with van der Waals surface area (Å²) in [4.78, 5) is 11.8. The SMILES string of the molecule is CCN1CC(F)OC1=O. The molecular weight excluding hydrogens is 125 g/mol. The normalized spacial score (nSPS) is 26.7. The zero-order chi connectivity index (χ0) is 6.85. The van der Waals surface area contributed by atoms with Crippen LogP contribution >= 0.6 is 0 Å². The molecule has 1 aliphatic heterocycles. The fourth-order valence-electron chi connectivity index (χ4n) is 0.727. The van der Waals surface area contributed by atoms with Crippen LogP contribution in [0.2, 0.25) is 0 Å². The van der Waals surface area contributed by atoms with Crippen LogP contribution in [0, 0.1) is 0 Å². The standard InChI is InChI=1S/C5H8FNO2/c1-2-7-3-4(6)9-5(7)8/h4H,2-3H2,1H3. The van der Waals surface area contributed by atoms with Crippen LogP contribution in [0.1, 0.15) is 6.92 Å². The maximum absolute atomic E-state index is 12.1. The predicted octanol–water partition coefficient (Wildman–Crippen LogP) is 0.754. The first-order chi connectivity index (χ1) is 4.24. The number of ether oxygens (including phenoxy) is 1. The first kappa shape index (κ1) is 6.32. The number of amides is 1. The van der Waals surface area contributed by atoms with E-state index in [1.165, 1.54) is 4.90 Å². The van der Waals surface area contributed by atoms with Crippen molar-refractivity contribution >= 4 is 6.09 Å². The van der Waals surface area contributed by atoms with Crippen molar-refractivity contribution in [2.45, 2.75) is 13.3 Å². The van der Waals surface area contributed by atoms with Crippen molar-refractivity contribution in [1.82, 2.24) is 4.90 Å². The number of likely N-dealkylation sites (N-methyl/N-ethyl adjacent to an activating group) is 1. The third kappa shape index (κ3) is 1.12. The molecule has 1 atom stereocenters. The molecule has 1 unspecified atom stereocenters. The smallest absolute Gasteiger partial charge is 0.412 e. The van der Waals surface area contributed by atoms with Gasteiger partial charge in [-0.2, -0.15) is 4.39 Å². The minimum absolute atomic E-state index is 0.0787. The quantitative estimate of drug-likeness (QED) is 0.528. The van der Waals surface area contributed by atoms with Crippen molar-refractivity contribution in [1.29, 1.82) is 0 Å². The van der Waals surface area contributed by atoms with Crippen molar-refractivity contribution in [3.63, 3.8) is 0 Å². The summed E-state index contributed by atoms with van der Waals surface area (Å²) < 4.78 is 16.3. The van der Waals surface area contributed by atoms with E-state index in [-0.39, 0.29) is 6.54 Å². The Kier molecular flexibility index (Phi) is 1.55. The lowest BCUT2D eigenvalue weighted by Gasteiger charge is -2.05. The van der Waals surface area contributed by atoms with Crippen LogP contribution in [0.25, 0.3) is 0 Å². The van der Waals surface area contributed by atoms with Gasteiger partial charge in [0.15, 0.2) is 0 Å². The number of carbonyl (C=O) groups is 1. The molecule has 0 aromatic heterocycles. The highest BCUT2D eigenvalue weighted by Crippen LogP contribution is 2.10. The molecule has 0 N–H and O–H groups in total. The third-order valence-electron chi connectivity index (χ3n) is 1.23. The van der Waals surface area contributed by atoms with Gasteiger partial charge in [-0.25, -0.2) is 4.79 Å². The highest BCUT2D eigenvalue weighted by molar-refractivity contribution is 5.69. The first-order valence-electron chi connectivity index (χ1n) is 2.83. The zero-order valence-electron chi connectivity index (χ0n) is 5.13. The molecule has 0 radical (unpaired) electrons. The number of alkyl halides is 1. The average molecular weight is 133 g/mol. The number of cyclic esters (lactones) is 1. The number of rotatable bonds is 1. The lowest BCUT2D eigenvalue weighted by Crippen LogP contribution is -2.23. The molecule has 52 valence electrons. The summed E-state index contributed by atoms with van der Waals surface area (Å²) in [6.45, 7) is 2.37. The van der Waals surface area contributed by atoms with Gasteiger partial charge < -0.3 is 9.64 Å². The van der Waals surface area contributed by atoms with Gasteiger partial charge in [0.25, 0.3) is 6.36 Å². The number of hydrogen-bond acceptors (Lipinski definition) is 2. The summed E-state index contributed by atoms with van der Waals surface area (Å²) in [5.41, 5.74) is 0. The fourth-order valence-corrected chi connectivity index (χ4v) is 0.727. The molecule has 0 aromatic rings. The summed E-state index contributed by atoms with van der Waals surface area (Å²) in [5, 5.41) is 0. The van der Waals surface area contributed by atoms with Crippen LogP contribution in [0.15, 0.2) is 0 Å². The van der Waals surface area contributed by atoms with Gasteiger partial charge >= 0.3 is 6.09 Å². The Bertz CT molecular complexity index is 128. The van der Waals surface area contributed by atoms with Gasteiger partial charge in [-0.3, -0.25) is 0 Å². The lowest BCUT2D eigenvalue weighted by molar-refractivity contribution is 0.0574. The summed E-state index contributed by atoms with van der Waals surface area (Å²) >= 11 is 0. The van der Waals surface area contributed by atoms with Crippen LogP contribution in [-0.4, -0.2) is 30.4 Å².